The van der Waals surface area contributed by atoms with Crippen molar-refractivity contribution in [2.75, 3.05) is 26.2 Å². The van der Waals surface area contributed by atoms with Gasteiger partial charge in [0, 0.05) is 51.2 Å². The molecule has 2 aliphatic heterocycles. The predicted octanol–water partition coefficient (Wildman–Crippen LogP) is 2.59. The molecular weight excluding hydrogens is 362 g/mol. The predicted molar refractivity (Wildman–Crippen MR) is 119 cm³/mol. The summed E-state index contributed by atoms with van der Waals surface area (Å²) in [5, 5.41) is 7.04. The van der Waals surface area contributed by atoms with Crippen LogP contribution in [0.1, 0.15) is 51.7 Å². The minimum absolute atomic E-state index is 0.271. The van der Waals surface area contributed by atoms with E-state index in [4.69, 9.17) is 4.99 Å². The van der Waals surface area contributed by atoms with Gasteiger partial charge in [-0.05, 0) is 44.2 Å². The average molecular weight is 400 g/mol. The molecule has 2 atom stereocenters. The van der Waals surface area contributed by atoms with Gasteiger partial charge >= 0.3 is 0 Å². The van der Waals surface area contributed by atoms with E-state index in [1.54, 1.807) is 0 Å². The molecule has 2 aliphatic rings. The van der Waals surface area contributed by atoms with E-state index in [1.165, 1.54) is 11.1 Å². The van der Waals surface area contributed by atoms with Gasteiger partial charge in [0.1, 0.15) is 0 Å². The molecule has 1 amide bonds. The number of aliphatic imine (C=N–C) groups is 1. The van der Waals surface area contributed by atoms with Gasteiger partial charge in [-0.25, -0.2) is 4.99 Å². The number of carbonyl (C=O) groups is 1. The largest absolute Gasteiger partial charge is 0.357 e. The average Bonchev–Trinajstić information content (AvgIpc) is 3.26. The fraction of sp³-hybridized carbons (Fsp3) is 0.652. The minimum atomic E-state index is 0.271. The minimum Gasteiger partial charge on any atom is -0.357 e. The van der Waals surface area contributed by atoms with Crippen molar-refractivity contribution in [3.8, 4) is 0 Å². The van der Waals surface area contributed by atoms with E-state index in [2.05, 4.69) is 67.5 Å². The summed E-state index contributed by atoms with van der Waals surface area (Å²) in [5.41, 5.74) is 2.36. The molecule has 2 fully saturated rings. The van der Waals surface area contributed by atoms with Crippen LogP contribution < -0.4 is 10.6 Å². The molecule has 6 nitrogen and oxygen atoms in total. The van der Waals surface area contributed by atoms with E-state index >= 15 is 0 Å². The van der Waals surface area contributed by atoms with Crippen LogP contribution in [0.15, 0.2) is 29.3 Å². The summed E-state index contributed by atoms with van der Waals surface area (Å²) < 4.78 is 0. The Balaban J connectivity index is 1.61. The van der Waals surface area contributed by atoms with Crippen LogP contribution in [0.25, 0.3) is 0 Å². The maximum atomic E-state index is 11.9. The van der Waals surface area contributed by atoms with Gasteiger partial charge in [0.25, 0.3) is 0 Å². The molecule has 0 aromatic heterocycles. The van der Waals surface area contributed by atoms with E-state index in [1.807, 2.05) is 4.90 Å². The standard InChI is InChI=1S/C23H37N5O/c1-5-24-23(26-21-16-28(17(2)3)14-18(21)4)25-13-19-8-6-9-20(12-19)15-27-11-7-10-22(27)29/h6,8-9,12,17-18,21H,5,7,10-11,13-16H2,1-4H3,(H2,24,25,26). The molecule has 2 heterocycles. The Bertz CT molecular complexity index is 717. The first-order valence-corrected chi connectivity index (χ1v) is 11.1. The lowest BCUT2D eigenvalue weighted by molar-refractivity contribution is -0.128. The molecule has 6 heteroatoms. The van der Waals surface area contributed by atoms with Crippen LogP contribution >= 0.6 is 0 Å². The third-order valence-electron chi connectivity index (χ3n) is 5.99. The highest BCUT2D eigenvalue weighted by Crippen LogP contribution is 2.19. The number of nitrogens with zero attached hydrogens (tertiary/aromatic N) is 3. The van der Waals surface area contributed by atoms with Crippen molar-refractivity contribution in [2.45, 2.75) is 65.7 Å². The number of rotatable bonds is 7. The van der Waals surface area contributed by atoms with E-state index in [-0.39, 0.29) is 5.91 Å². The number of carbonyl (C=O) groups excluding carboxylic acids is 1. The molecule has 0 radical (unpaired) electrons. The second kappa shape index (κ2) is 10.1. The fourth-order valence-electron chi connectivity index (χ4n) is 4.20. The van der Waals surface area contributed by atoms with Gasteiger partial charge in [0.05, 0.1) is 6.54 Å². The number of nitrogens with one attached hydrogen (secondary N) is 2. The van der Waals surface area contributed by atoms with Crippen LogP contribution in [0.5, 0.6) is 0 Å². The van der Waals surface area contributed by atoms with Gasteiger partial charge in [-0.15, -0.1) is 0 Å². The lowest BCUT2D eigenvalue weighted by Crippen LogP contribution is -2.46. The zero-order chi connectivity index (χ0) is 20.8. The number of hydrogen-bond donors (Lipinski definition) is 2. The van der Waals surface area contributed by atoms with E-state index in [0.717, 1.165) is 38.6 Å². The highest BCUT2D eigenvalue weighted by Gasteiger charge is 2.31. The molecule has 1 aromatic rings. The topological polar surface area (TPSA) is 60.0 Å². The van der Waals surface area contributed by atoms with Crippen molar-refractivity contribution < 1.29 is 4.79 Å². The third-order valence-corrected chi connectivity index (χ3v) is 5.99. The van der Waals surface area contributed by atoms with Crippen LogP contribution in [-0.2, 0) is 17.9 Å². The summed E-state index contributed by atoms with van der Waals surface area (Å²) in [6.45, 7) is 14.2. The van der Waals surface area contributed by atoms with E-state index in [9.17, 15) is 4.79 Å². The van der Waals surface area contributed by atoms with Gasteiger partial charge in [0.15, 0.2) is 5.96 Å². The molecular formula is C23H37N5O. The summed E-state index contributed by atoms with van der Waals surface area (Å²) in [6, 6.07) is 9.46. The Labute approximate surface area is 175 Å². The van der Waals surface area contributed by atoms with Gasteiger partial charge in [-0.2, -0.15) is 0 Å². The van der Waals surface area contributed by atoms with Crippen molar-refractivity contribution in [3.05, 3.63) is 35.4 Å². The summed E-state index contributed by atoms with van der Waals surface area (Å²) in [6.07, 6.45) is 1.67. The van der Waals surface area contributed by atoms with Gasteiger partial charge in [0.2, 0.25) is 5.91 Å². The fourth-order valence-corrected chi connectivity index (χ4v) is 4.20. The highest BCUT2D eigenvalue weighted by atomic mass is 16.2. The first kappa shape index (κ1) is 21.6. The zero-order valence-electron chi connectivity index (χ0n) is 18.4. The van der Waals surface area contributed by atoms with Gasteiger partial charge < -0.3 is 15.5 Å². The van der Waals surface area contributed by atoms with Crippen molar-refractivity contribution in [1.29, 1.82) is 0 Å². The normalized spacial score (nSPS) is 23.3. The molecule has 2 unspecified atom stereocenters. The van der Waals surface area contributed by atoms with E-state index < -0.39 is 0 Å². The van der Waals surface area contributed by atoms with Crippen LogP contribution in [0, 0.1) is 5.92 Å². The summed E-state index contributed by atoms with van der Waals surface area (Å²) >= 11 is 0. The van der Waals surface area contributed by atoms with Crippen LogP contribution in [0.2, 0.25) is 0 Å². The number of guanidine groups is 1. The Hall–Kier alpha value is -2.08. The summed E-state index contributed by atoms with van der Waals surface area (Å²) in [7, 11) is 0. The highest BCUT2D eigenvalue weighted by molar-refractivity contribution is 5.80. The monoisotopic (exact) mass is 399 g/mol. The maximum absolute atomic E-state index is 11.9. The molecule has 160 valence electrons. The Morgan fingerprint density at radius 1 is 1.28 bits per heavy atom. The zero-order valence-corrected chi connectivity index (χ0v) is 18.4. The van der Waals surface area contributed by atoms with Crippen molar-refractivity contribution in [2.24, 2.45) is 10.9 Å². The first-order chi connectivity index (χ1) is 14.0. The third kappa shape index (κ3) is 5.95. The molecule has 0 aliphatic carbocycles. The van der Waals surface area contributed by atoms with Crippen molar-refractivity contribution in [3.63, 3.8) is 0 Å². The smallest absolute Gasteiger partial charge is 0.222 e. The van der Waals surface area contributed by atoms with Gasteiger partial charge in [-0.3, -0.25) is 9.69 Å². The summed E-state index contributed by atoms with van der Waals surface area (Å²) in [4.78, 5) is 21.2. The molecule has 0 bridgehead atoms. The molecule has 0 saturated carbocycles. The van der Waals surface area contributed by atoms with Crippen molar-refractivity contribution in [1.82, 2.24) is 20.4 Å². The maximum Gasteiger partial charge on any atom is 0.222 e. The quantitative estimate of drug-likeness (QED) is 0.547. The molecule has 2 N–H and O–H groups in total. The first-order valence-electron chi connectivity index (χ1n) is 11.1. The second-order valence-electron chi connectivity index (χ2n) is 8.71. The number of hydrogen-bond acceptors (Lipinski definition) is 3. The van der Waals surface area contributed by atoms with Crippen molar-refractivity contribution >= 4 is 11.9 Å². The van der Waals surface area contributed by atoms with Crippen LogP contribution in [0.3, 0.4) is 0 Å². The lowest BCUT2D eigenvalue weighted by Gasteiger charge is -2.22. The lowest BCUT2D eigenvalue weighted by atomic mass is 10.1. The van der Waals surface area contributed by atoms with Crippen LogP contribution in [-0.4, -0.2) is 59.9 Å². The van der Waals surface area contributed by atoms with E-state index in [0.29, 0.717) is 37.5 Å². The SMILES string of the molecule is CCNC(=NCc1cccc(CN2CCCC2=O)c1)NC1CN(C(C)C)CC1C. The Morgan fingerprint density at radius 3 is 2.72 bits per heavy atom. The second-order valence-corrected chi connectivity index (χ2v) is 8.71. The molecule has 0 spiro atoms. The van der Waals surface area contributed by atoms with Gasteiger partial charge in [-0.1, -0.05) is 31.2 Å². The number of amides is 1. The molecule has 1 aromatic carbocycles. The molecule has 3 rings (SSSR count). The number of benzene rings is 1. The Kier molecular flexibility index (Phi) is 7.53. The summed E-state index contributed by atoms with van der Waals surface area (Å²) in [5.74, 6) is 1.76. The molecule has 2 saturated heterocycles. The molecule has 29 heavy (non-hydrogen) atoms. The number of likely N-dealkylation sites (tertiary alicyclic amines) is 2. The van der Waals surface area contributed by atoms with Crippen LogP contribution in [0.4, 0.5) is 0 Å². The Morgan fingerprint density at radius 2 is 2.07 bits per heavy atom.